The monoisotopic (exact) mass is 581 g/mol. The molecule has 0 aromatic heterocycles. The quantitative estimate of drug-likeness (QED) is 0.178. The number of aryl methyl sites for hydroxylation is 1. The minimum Gasteiger partial charge on any atom is -0.489 e. The summed E-state index contributed by atoms with van der Waals surface area (Å²) in [6, 6.07) is 27.3. The van der Waals surface area contributed by atoms with Gasteiger partial charge in [0.05, 0.1) is 16.8 Å². The Hall–Kier alpha value is -3.85. The Morgan fingerprint density at radius 1 is 0.949 bits per heavy atom. The Balaban J connectivity index is 1.41. The highest BCUT2D eigenvalue weighted by atomic mass is 35.5. The molecule has 0 saturated heterocycles. The van der Waals surface area contributed by atoms with Gasteiger partial charge in [-0.2, -0.15) is 5.10 Å². The topological polar surface area (TPSA) is 88.1 Å². The molecule has 4 rings (SSSR count). The summed E-state index contributed by atoms with van der Waals surface area (Å²) in [5.74, 6) is 0.0510. The molecule has 200 valence electrons. The van der Waals surface area contributed by atoms with Gasteiger partial charge in [0.1, 0.15) is 18.9 Å². The van der Waals surface area contributed by atoms with E-state index in [-0.39, 0.29) is 10.6 Å². The fourth-order valence-electron chi connectivity index (χ4n) is 3.51. The molecule has 0 saturated carbocycles. The molecule has 4 aromatic carbocycles. The summed E-state index contributed by atoms with van der Waals surface area (Å²) in [6.45, 7) is 1.71. The standard InChI is InChI=1S/C29H25Cl2N3O4S/c1-21-7-14-25(17-28(21)31)34(39(36,37)27-5-3-2-4-6-27)19-29(35)33-32-18-22-10-15-26(16-11-22)38-20-23-8-12-24(30)13-9-23/h2-18H,19-20H2,1H3,(H,33,35)/b32-18-. The number of sulfonamides is 1. The second-order valence-electron chi connectivity index (χ2n) is 8.54. The largest absolute Gasteiger partial charge is 0.489 e. The van der Waals surface area contributed by atoms with Crippen molar-refractivity contribution in [1.82, 2.24) is 5.43 Å². The van der Waals surface area contributed by atoms with Gasteiger partial charge >= 0.3 is 0 Å². The molecule has 0 aliphatic carbocycles. The number of rotatable bonds is 10. The van der Waals surface area contributed by atoms with Crippen molar-refractivity contribution in [2.45, 2.75) is 18.4 Å². The summed E-state index contributed by atoms with van der Waals surface area (Å²) in [5, 5.41) is 5.04. The van der Waals surface area contributed by atoms with Crippen molar-refractivity contribution in [3.8, 4) is 5.75 Å². The number of carbonyl (C=O) groups excluding carboxylic acids is 1. The SMILES string of the molecule is Cc1ccc(N(CC(=O)N/N=C\c2ccc(OCc3ccc(Cl)cc3)cc2)S(=O)(=O)c2ccccc2)cc1Cl. The van der Waals surface area contributed by atoms with E-state index in [0.717, 1.165) is 15.4 Å². The Bertz CT molecular complexity index is 1560. The third-order valence-corrected chi connectivity index (χ3v) is 8.11. The van der Waals surface area contributed by atoms with E-state index in [1.165, 1.54) is 24.4 Å². The maximum atomic E-state index is 13.4. The van der Waals surface area contributed by atoms with Crippen molar-refractivity contribution in [3.63, 3.8) is 0 Å². The molecular weight excluding hydrogens is 557 g/mol. The Morgan fingerprint density at radius 2 is 1.64 bits per heavy atom. The first-order valence-electron chi connectivity index (χ1n) is 11.9. The molecule has 7 nitrogen and oxygen atoms in total. The minimum absolute atomic E-state index is 0.0522. The predicted molar refractivity (Wildman–Crippen MR) is 155 cm³/mol. The average Bonchev–Trinajstić information content (AvgIpc) is 2.94. The van der Waals surface area contributed by atoms with Crippen LogP contribution >= 0.6 is 23.2 Å². The number of carbonyl (C=O) groups is 1. The van der Waals surface area contributed by atoms with Crippen LogP contribution < -0.4 is 14.5 Å². The predicted octanol–water partition coefficient (Wildman–Crippen LogP) is 6.23. The van der Waals surface area contributed by atoms with Crippen LogP contribution in [0.3, 0.4) is 0 Å². The average molecular weight is 583 g/mol. The van der Waals surface area contributed by atoms with E-state index in [0.29, 0.717) is 28.0 Å². The van der Waals surface area contributed by atoms with Crippen LogP contribution in [-0.2, 0) is 21.4 Å². The van der Waals surface area contributed by atoms with Crippen molar-refractivity contribution in [2.24, 2.45) is 5.10 Å². The molecule has 0 unspecified atom stereocenters. The summed E-state index contributed by atoms with van der Waals surface area (Å²) in [7, 11) is -4.05. The van der Waals surface area contributed by atoms with Gasteiger partial charge in [-0.3, -0.25) is 9.10 Å². The zero-order chi connectivity index (χ0) is 27.8. The molecular formula is C29H25Cl2N3O4S. The molecule has 0 heterocycles. The van der Waals surface area contributed by atoms with Gasteiger partial charge < -0.3 is 4.74 Å². The number of ether oxygens (including phenoxy) is 1. The highest BCUT2D eigenvalue weighted by Gasteiger charge is 2.27. The van der Waals surface area contributed by atoms with Gasteiger partial charge in [-0.1, -0.05) is 59.6 Å². The summed E-state index contributed by atoms with van der Waals surface area (Å²) >= 11 is 12.2. The second kappa shape index (κ2) is 12.8. The number of halogens is 2. The number of benzene rings is 4. The number of amides is 1. The molecule has 10 heteroatoms. The molecule has 0 aliphatic heterocycles. The summed E-state index contributed by atoms with van der Waals surface area (Å²) in [6.07, 6.45) is 1.46. The van der Waals surface area contributed by atoms with Crippen LogP contribution in [-0.4, -0.2) is 27.1 Å². The Kier molecular flexibility index (Phi) is 9.24. The zero-order valence-corrected chi connectivity index (χ0v) is 23.2. The van der Waals surface area contributed by atoms with E-state index >= 15 is 0 Å². The molecule has 4 aromatic rings. The number of hydrazone groups is 1. The Labute approximate surface area is 237 Å². The smallest absolute Gasteiger partial charge is 0.264 e. The fourth-order valence-corrected chi connectivity index (χ4v) is 5.25. The van der Waals surface area contributed by atoms with E-state index in [2.05, 4.69) is 10.5 Å². The molecule has 1 amide bonds. The first-order chi connectivity index (χ1) is 18.7. The number of nitrogens with one attached hydrogen (secondary N) is 1. The first-order valence-corrected chi connectivity index (χ1v) is 14.0. The normalized spacial score (nSPS) is 11.4. The van der Waals surface area contributed by atoms with E-state index in [4.69, 9.17) is 27.9 Å². The summed E-state index contributed by atoms with van der Waals surface area (Å²) in [5.41, 5.74) is 5.15. The molecule has 0 aliphatic rings. The lowest BCUT2D eigenvalue weighted by Crippen LogP contribution is -2.39. The van der Waals surface area contributed by atoms with Gasteiger partial charge in [-0.25, -0.2) is 13.8 Å². The first kappa shape index (κ1) is 28.2. The van der Waals surface area contributed by atoms with E-state index < -0.39 is 22.5 Å². The van der Waals surface area contributed by atoms with Gasteiger partial charge in [-0.15, -0.1) is 0 Å². The third-order valence-electron chi connectivity index (χ3n) is 5.66. The third kappa shape index (κ3) is 7.60. The Morgan fingerprint density at radius 3 is 2.31 bits per heavy atom. The lowest BCUT2D eigenvalue weighted by atomic mass is 10.2. The van der Waals surface area contributed by atoms with Gasteiger partial charge in [0.15, 0.2) is 0 Å². The lowest BCUT2D eigenvalue weighted by molar-refractivity contribution is -0.119. The fraction of sp³-hybridized carbons (Fsp3) is 0.103. The van der Waals surface area contributed by atoms with Crippen LogP contribution in [0.2, 0.25) is 10.0 Å². The molecule has 39 heavy (non-hydrogen) atoms. The zero-order valence-electron chi connectivity index (χ0n) is 20.9. The van der Waals surface area contributed by atoms with Crippen LogP contribution in [0.4, 0.5) is 5.69 Å². The van der Waals surface area contributed by atoms with Crippen LogP contribution in [0.25, 0.3) is 0 Å². The van der Waals surface area contributed by atoms with Crippen LogP contribution in [0, 0.1) is 6.92 Å². The molecule has 1 N–H and O–H groups in total. The van der Waals surface area contributed by atoms with E-state index in [1.807, 2.05) is 19.1 Å². The molecule has 0 fully saturated rings. The number of anilines is 1. The van der Waals surface area contributed by atoms with E-state index in [1.54, 1.807) is 66.7 Å². The van der Waals surface area contributed by atoms with E-state index in [9.17, 15) is 13.2 Å². The van der Waals surface area contributed by atoms with Crippen molar-refractivity contribution in [3.05, 3.63) is 124 Å². The molecule has 0 radical (unpaired) electrons. The minimum atomic E-state index is -4.05. The van der Waals surface area contributed by atoms with Crippen LogP contribution in [0.15, 0.2) is 107 Å². The highest BCUT2D eigenvalue weighted by Crippen LogP contribution is 2.28. The van der Waals surface area contributed by atoms with Crippen molar-refractivity contribution < 1.29 is 17.9 Å². The lowest BCUT2D eigenvalue weighted by Gasteiger charge is -2.24. The van der Waals surface area contributed by atoms with Crippen molar-refractivity contribution in [2.75, 3.05) is 10.8 Å². The van der Waals surface area contributed by atoms with Gasteiger partial charge in [-0.05, 0) is 84.3 Å². The van der Waals surface area contributed by atoms with Crippen LogP contribution in [0.5, 0.6) is 5.75 Å². The maximum Gasteiger partial charge on any atom is 0.264 e. The number of hydrogen-bond donors (Lipinski definition) is 1. The number of nitrogens with zero attached hydrogens (tertiary/aromatic N) is 2. The maximum absolute atomic E-state index is 13.4. The summed E-state index contributed by atoms with van der Waals surface area (Å²) < 4.78 is 33.6. The number of hydrogen-bond acceptors (Lipinski definition) is 5. The molecule has 0 bridgehead atoms. The molecule has 0 atom stereocenters. The van der Waals surface area contributed by atoms with Crippen LogP contribution in [0.1, 0.15) is 16.7 Å². The van der Waals surface area contributed by atoms with Crippen molar-refractivity contribution >= 4 is 51.0 Å². The summed E-state index contributed by atoms with van der Waals surface area (Å²) in [4.78, 5) is 12.8. The second-order valence-corrected chi connectivity index (χ2v) is 11.2. The molecule has 0 spiro atoms. The highest BCUT2D eigenvalue weighted by molar-refractivity contribution is 7.92. The van der Waals surface area contributed by atoms with Crippen molar-refractivity contribution in [1.29, 1.82) is 0 Å². The van der Waals surface area contributed by atoms with Gasteiger partial charge in [0.25, 0.3) is 15.9 Å². The van der Waals surface area contributed by atoms with Gasteiger partial charge in [0, 0.05) is 10.0 Å². The van der Waals surface area contributed by atoms with Gasteiger partial charge in [0.2, 0.25) is 0 Å².